The Balaban J connectivity index is 1.35. The summed E-state index contributed by atoms with van der Waals surface area (Å²) in [6, 6.07) is 11.8. The lowest BCUT2D eigenvalue weighted by molar-refractivity contribution is -0.145. The Kier molecular flexibility index (Phi) is 9.53. The van der Waals surface area contributed by atoms with Gasteiger partial charge in [0.1, 0.15) is 0 Å². The first-order chi connectivity index (χ1) is 21.5. The van der Waals surface area contributed by atoms with Crippen molar-refractivity contribution in [2.24, 2.45) is 5.92 Å². The van der Waals surface area contributed by atoms with Crippen LogP contribution >= 0.6 is 0 Å². The molecule has 1 amide bonds. The van der Waals surface area contributed by atoms with Crippen LogP contribution in [0.1, 0.15) is 100 Å². The fourth-order valence-electron chi connectivity index (χ4n) is 7.39. The second-order valence-corrected chi connectivity index (χ2v) is 14.7. The molecule has 0 unspecified atom stereocenters. The minimum Gasteiger partial charge on any atom is -0.481 e. The van der Waals surface area contributed by atoms with Crippen LogP contribution in [0.2, 0.25) is 0 Å². The first-order valence-electron chi connectivity index (χ1n) is 16.5. The molecule has 2 aromatic rings. The van der Waals surface area contributed by atoms with E-state index in [2.05, 4.69) is 13.8 Å². The van der Waals surface area contributed by atoms with Gasteiger partial charge in [-0.25, -0.2) is 4.39 Å². The Bertz CT molecular complexity index is 1410. The van der Waals surface area contributed by atoms with Crippen LogP contribution in [0, 0.1) is 5.92 Å². The van der Waals surface area contributed by atoms with Gasteiger partial charge in [0.15, 0.2) is 0 Å². The maximum atomic E-state index is 17.3. The summed E-state index contributed by atoms with van der Waals surface area (Å²) in [6.07, 6.45) is -2.77. The van der Waals surface area contributed by atoms with E-state index in [9.17, 15) is 27.9 Å². The van der Waals surface area contributed by atoms with Crippen molar-refractivity contribution in [3.05, 3.63) is 64.7 Å². The molecule has 0 bridgehead atoms. The maximum Gasteiger partial charge on any atom is 0.416 e. The highest BCUT2D eigenvalue weighted by atomic mass is 19.4. The van der Waals surface area contributed by atoms with Gasteiger partial charge in [-0.05, 0) is 87.1 Å². The van der Waals surface area contributed by atoms with E-state index in [-0.39, 0.29) is 18.0 Å². The zero-order valence-corrected chi connectivity index (χ0v) is 27.5. The monoisotopic (exact) mass is 645 g/mol. The number of likely N-dealkylation sites (tertiary alicyclic amines) is 2. The molecule has 3 heterocycles. The minimum absolute atomic E-state index is 0.00120. The summed E-state index contributed by atoms with van der Waals surface area (Å²) in [5.41, 5.74) is 0.0428. The standard InChI is InChI=1S/C36H47F4N3O3/c1-23(2)24-6-8-26(9-7-24)30-21-43(34(3,4)5)22-35(30,37)33(46)42-18-12-25(13-19-42)29-11-10-28(36(38,39)40)20-31(29)41-16-14-27(15-17-41)32(44)45/h6-11,20,23,25,27,30H,12-19,21-22H2,1-5H3,(H,44,45)/t30-,35-/m0/s1. The molecule has 10 heteroatoms. The fraction of sp³-hybridized carbons (Fsp3) is 0.611. The number of carboxylic acids is 1. The van der Waals surface area contributed by atoms with E-state index in [1.165, 1.54) is 12.1 Å². The van der Waals surface area contributed by atoms with Gasteiger partial charge in [0.05, 0.1) is 11.5 Å². The summed E-state index contributed by atoms with van der Waals surface area (Å²) in [4.78, 5) is 31.1. The maximum absolute atomic E-state index is 17.3. The number of hydrogen-bond acceptors (Lipinski definition) is 4. The number of halogens is 4. The minimum atomic E-state index is -4.51. The lowest BCUT2D eigenvalue weighted by atomic mass is 9.82. The van der Waals surface area contributed by atoms with E-state index in [0.717, 1.165) is 22.8 Å². The van der Waals surface area contributed by atoms with Gasteiger partial charge in [0.25, 0.3) is 5.91 Å². The molecule has 6 nitrogen and oxygen atoms in total. The van der Waals surface area contributed by atoms with Crippen molar-refractivity contribution >= 4 is 17.6 Å². The number of benzene rings is 2. The number of piperidine rings is 2. The number of rotatable bonds is 6. The van der Waals surface area contributed by atoms with E-state index < -0.39 is 41.1 Å². The zero-order valence-electron chi connectivity index (χ0n) is 27.5. The van der Waals surface area contributed by atoms with Crippen LogP contribution in [0.15, 0.2) is 42.5 Å². The SMILES string of the molecule is CC(C)c1ccc([C@@H]2CN(C(C)(C)C)C[C@@]2(F)C(=O)N2CCC(c3ccc(C(F)(F)F)cc3N3CCC(C(=O)O)CC3)CC2)cc1. The van der Waals surface area contributed by atoms with E-state index in [0.29, 0.717) is 70.0 Å². The fourth-order valence-corrected chi connectivity index (χ4v) is 7.39. The van der Waals surface area contributed by atoms with Gasteiger partial charge in [-0.2, -0.15) is 13.2 Å². The largest absolute Gasteiger partial charge is 0.481 e. The van der Waals surface area contributed by atoms with Gasteiger partial charge in [-0.1, -0.05) is 44.2 Å². The van der Waals surface area contributed by atoms with Gasteiger partial charge in [-0.15, -0.1) is 0 Å². The third kappa shape index (κ3) is 6.92. The van der Waals surface area contributed by atoms with Crippen molar-refractivity contribution in [3.63, 3.8) is 0 Å². The number of anilines is 1. The average molecular weight is 646 g/mol. The molecule has 252 valence electrons. The molecule has 3 saturated heterocycles. The summed E-state index contributed by atoms with van der Waals surface area (Å²) in [6.45, 7) is 12.1. The Morgan fingerprint density at radius 2 is 1.52 bits per heavy atom. The van der Waals surface area contributed by atoms with Gasteiger partial charge < -0.3 is 14.9 Å². The lowest BCUT2D eigenvalue weighted by Gasteiger charge is -2.39. The first kappa shape index (κ1) is 34.2. The molecule has 5 rings (SSSR count). The molecule has 2 aromatic carbocycles. The van der Waals surface area contributed by atoms with Crippen LogP contribution in [-0.4, -0.2) is 77.3 Å². The number of nitrogens with zero attached hydrogens (tertiary/aromatic N) is 3. The van der Waals surface area contributed by atoms with Crippen molar-refractivity contribution in [1.82, 2.24) is 9.80 Å². The van der Waals surface area contributed by atoms with Crippen LogP contribution in [0.5, 0.6) is 0 Å². The van der Waals surface area contributed by atoms with E-state index >= 15 is 4.39 Å². The van der Waals surface area contributed by atoms with Gasteiger partial charge in [-0.3, -0.25) is 14.5 Å². The van der Waals surface area contributed by atoms with E-state index in [1.54, 1.807) is 4.90 Å². The summed E-state index contributed by atoms with van der Waals surface area (Å²) in [7, 11) is 0. The molecule has 3 aliphatic rings. The molecule has 2 atom stereocenters. The molecular formula is C36H47F4N3O3. The third-order valence-corrected chi connectivity index (χ3v) is 10.5. The second-order valence-electron chi connectivity index (χ2n) is 14.7. The summed E-state index contributed by atoms with van der Waals surface area (Å²) >= 11 is 0. The normalized spacial score (nSPS) is 24.2. The number of alkyl halides is 4. The molecule has 0 aliphatic carbocycles. The number of amides is 1. The third-order valence-electron chi connectivity index (χ3n) is 10.5. The quantitative estimate of drug-likeness (QED) is 0.331. The van der Waals surface area contributed by atoms with Crippen molar-refractivity contribution in [2.45, 2.75) is 95.4 Å². The van der Waals surface area contributed by atoms with Gasteiger partial charge in [0, 0.05) is 56.4 Å². The van der Waals surface area contributed by atoms with E-state index in [4.69, 9.17) is 0 Å². The zero-order chi connectivity index (χ0) is 33.6. The van der Waals surface area contributed by atoms with E-state index in [1.807, 2.05) is 54.8 Å². The highest BCUT2D eigenvalue weighted by Gasteiger charge is 2.57. The predicted octanol–water partition coefficient (Wildman–Crippen LogP) is 7.44. The van der Waals surface area contributed by atoms with Gasteiger partial charge in [0.2, 0.25) is 5.67 Å². The topological polar surface area (TPSA) is 64.1 Å². The Morgan fingerprint density at radius 1 is 0.913 bits per heavy atom. The summed E-state index contributed by atoms with van der Waals surface area (Å²) in [5, 5.41) is 9.41. The number of hydrogen-bond donors (Lipinski definition) is 1. The number of carbonyl (C=O) groups excluding carboxylic acids is 1. The highest BCUT2D eigenvalue weighted by Crippen LogP contribution is 2.45. The summed E-state index contributed by atoms with van der Waals surface area (Å²) in [5.74, 6) is -2.29. The van der Waals surface area contributed by atoms with Crippen molar-refractivity contribution in [3.8, 4) is 0 Å². The highest BCUT2D eigenvalue weighted by molar-refractivity contribution is 5.87. The Morgan fingerprint density at radius 3 is 2.04 bits per heavy atom. The number of carbonyl (C=O) groups is 2. The molecule has 1 N–H and O–H groups in total. The Labute approximate surface area is 269 Å². The van der Waals surface area contributed by atoms with Crippen molar-refractivity contribution < 1.29 is 32.3 Å². The molecule has 0 radical (unpaired) electrons. The van der Waals surface area contributed by atoms with Crippen LogP contribution in [0.4, 0.5) is 23.2 Å². The van der Waals surface area contributed by atoms with Crippen LogP contribution in [0.3, 0.4) is 0 Å². The van der Waals surface area contributed by atoms with Crippen molar-refractivity contribution in [1.29, 1.82) is 0 Å². The molecule has 0 aromatic heterocycles. The number of carboxylic acid groups (broad SMARTS) is 1. The summed E-state index contributed by atoms with van der Waals surface area (Å²) < 4.78 is 58.5. The molecule has 3 aliphatic heterocycles. The second kappa shape index (κ2) is 12.8. The van der Waals surface area contributed by atoms with Crippen LogP contribution < -0.4 is 4.90 Å². The first-order valence-corrected chi connectivity index (χ1v) is 16.5. The Hall–Kier alpha value is -3.14. The smallest absolute Gasteiger partial charge is 0.416 e. The molecular weight excluding hydrogens is 598 g/mol. The predicted molar refractivity (Wildman–Crippen MR) is 171 cm³/mol. The number of aliphatic carboxylic acids is 1. The average Bonchev–Trinajstić information content (AvgIpc) is 3.39. The molecule has 0 spiro atoms. The molecule has 3 fully saturated rings. The molecule has 46 heavy (non-hydrogen) atoms. The molecule has 0 saturated carbocycles. The van der Waals surface area contributed by atoms with Crippen LogP contribution in [-0.2, 0) is 15.8 Å². The van der Waals surface area contributed by atoms with Crippen molar-refractivity contribution in [2.75, 3.05) is 44.2 Å². The lowest BCUT2D eigenvalue weighted by Crippen LogP contribution is -2.53. The van der Waals surface area contributed by atoms with Crippen LogP contribution in [0.25, 0.3) is 0 Å². The van der Waals surface area contributed by atoms with Gasteiger partial charge >= 0.3 is 12.1 Å².